The molecule has 0 bridgehead atoms. The monoisotopic (exact) mass is 500 g/mol. The van der Waals surface area contributed by atoms with Gasteiger partial charge >= 0.3 is 0 Å². The van der Waals surface area contributed by atoms with Crippen LogP contribution in [0.2, 0.25) is 0 Å². The van der Waals surface area contributed by atoms with E-state index in [1.807, 2.05) is 0 Å². The number of fused-ring (bicyclic) bond motifs is 2. The van der Waals surface area contributed by atoms with Gasteiger partial charge in [-0.05, 0) is 61.6 Å². The van der Waals surface area contributed by atoms with E-state index in [0.717, 1.165) is 0 Å². The summed E-state index contributed by atoms with van der Waals surface area (Å²) in [5.74, 6) is 0.882. The smallest absolute Gasteiger partial charge is 0.0358 e. The molecule has 0 radical (unpaired) electrons. The lowest BCUT2D eigenvalue weighted by Crippen LogP contribution is -2.10. The highest BCUT2D eigenvalue weighted by molar-refractivity contribution is 6.07. The van der Waals surface area contributed by atoms with Gasteiger partial charge in [0.2, 0.25) is 0 Å². The molecule has 5 aromatic rings. The topological polar surface area (TPSA) is 0 Å². The van der Waals surface area contributed by atoms with Crippen molar-refractivity contribution in [3.8, 4) is 0 Å². The van der Waals surface area contributed by atoms with Gasteiger partial charge in [-0.1, -0.05) is 159 Å². The zero-order chi connectivity index (χ0) is 26.3. The van der Waals surface area contributed by atoms with Gasteiger partial charge in [0, 0.05) is 11.8 Å². The molecule has 0 fully saturated rings. The third kappa shape index (κ3) is 3.91. The van der Waals surface area contributed by atoms with Crippen LogP contribution in [0.3, 0.4) is 0 Å². The Morgan fingerprint density at radius 2 is 1.03 bits per heavy atom. The first kappa shape index (κ1) is 23.7. The van der Waals surface area contributed by atoms with E-state index in [1.165, 1.54) is 61.2 Å². The van der Waals surface area contributed by atoms with Crippen molar-refractivity contribution in [1.82, 2.24) is 0 Å². The van der Waals surface area contributed by atoms with Crippen molar-refractivity contribution in [2.75, 3.05) is 0 Å². The van der Waals surface area contributed by atoms with Gasteiger partial charge in [0.15, 0.2) is 0 Å². The minimum atomic E-state index is 0.168. The second-order valence-corrected chi connectivity index (χ2v) is 11.0. The third-order valence-electron chi connectivity index (χ3n) is 8.49. The van der Waals surface area contributed by atoms with Gasteiger partial charge in [-0.25, -0.2) is 0 Å². The second kappa shape index (κ2) is 9.71. The van der Waals surface area contributed by atoms with Crippen LogP contribution >= 0.6 is 0 Å². The van der Waals surface area contributed by atoms with Gasteiger partial charge in [0.1, 0.15) is 0 Å². The molecule has 0 N–H and O–H groups in total. The van der Waals surface area contributed by atoms with Crippen LogP contribution < -0.4 is 0 Å². The van der Waals surface area contributed by atoms with Gasteiger partial charge in [0.05, 0.1) is 0 Å². The van der Waals surface area contributed by atoms with Crippen LogP contribution in [0.15, 0.2) is 139 Å². The molecule has 0 nitrogen and oxygen atoms in total. The molecule has 2 atom stereocenters. The summed E-state index contributed by atoms with van der Waals surface area (Å²) in [5, 5.41) is 0. The van der Waals surface area contributed by atoms with Gasteiger partial charge in [-0.3, -0.25) is 0 Å². The van der Waals surface area contributed by atoms with Crippen molar-refractivity contribution in [3.05, 3.63) is 184 Å². The Balaban J connectivity index is 1.54. The van der Waals surface area contributed by atoms with Crippen molar-refractivity contribution >= 4 is 17.2 Å². The maximum absolute atomic E-state index is 2.44. The zero-order valence-corrected chi connectivity index (χ0v) is 22.5. The summed E-state index contributed by atoms with van der Waals surface area (Å²) in [5.41, 5.74) is 15.1. The van der Waals surface area contributed by atoms with E-state index >= 15 is 0 Å². The molecule has 0 aromatic heterocycles. The van der Waals surface area contributed by atoms with E-state index in [-0.39, 0.29) is 11.8 Å². The van der Waals surface area contributed by atoms with Crippen LogP contribution in [0, 0.1) is 5.92 Å². The molecule has 5 aromatic carbocycles. The van der Waals surface area contributed by atoms with E-state index in [4.69, 9.17) is 0 Å². The van der Waals surface area contributed by atoms with E-state index in [9.17, 15) is 0 Å². The molecule has 0 aliphatic heterocycles. The molecule has 188 valence electrons. The summed E-state index contributed by atoms with van der Waals surface area (Å²) in [4.78, 5) is 0. The van der Waals surface area contributed by atoms with Crippen LogP contribution in [-0.4, -0.2) is 0 Å². The molecule has 0 saturated heterocycles. The van der Waals surface area contributed by atoms with Crippen molar-refractivity contribution in [2.45, 2.75) is 25.7 Å². The summed E-state index contributed by atoms with van der Waals surface area (Å²) in [6, 6.07) is 49.2. The van der Waals surface area contributed by atoms with Crippen molar-refractivity contribution < 1.29 is 0 Å². The largest absolute Gasteiger partial charge is 0.0622 e. The van der Waals surface area contributed by atoms with Gasteiger partial charge in [-0.2, -0.15) is 0 Å². The van der Waals surface area contributed by atoms with Crippen molar-refractivity contribution in [1.29, 1.82) is 0 Å². The molecule has 2 aliphatic rings. The highest BCUT2D eigenvalue weighted by Crippen LogP contribution is 2.55. The molecule has 7 rings (SSSR count). The Morgan fingerprint density at radius 1 is 0.487 bits per heavy atom. The minimum absolute atomic E-state index is 0.168. The molecule has 0 saturated carbocycles. The Labute approximate surface area is 232 Å². The quantitative estimate of drug-likeness (QED) is 0.225. The minimum Gasteiger partial charge on any atom is -0.0622 e. The Hall–Kier alpha value is -4.42. The molecule has 0 spiro atoms. The maximum atomic E-state index is 2.44. The van der Waals surface area contributed by atoms with Crippen molar-refractivity contribution in [2.24, 2.45) is 5.92 Å². The number of allylic oxidation sites excluding steroid dienone is 2. The lowest BCUT2D eigenvalue weighted by molar-refractivity contribution is 0.715. The average Bonchev–Trinajstić information content (AvgIpc) is 3.55. The number of rotatable bonds is 5. The van der Waals surface area contributed by atoms with E-state index in [2.05, 4.69) is 153 Å². The average molecular weight is 501 g/mol. The van der Waals surface area contributed by atoms with E-state index in [0.29, 0.717) is 5.92 Å². The Morgan fingerprint density at radius 3 is 1.72 bits per heavy atom. The molecule has 39 heavy (non-hydrogen) atoms. The highest BCUT2D eigenvalue weighted by Gasteiger charge is 2.37. The van der Waals surface area contributed by atoms with Gasteiger partial charge in [-0.15, -0.1) is 0 Å². The summed E-state index contributed by atoms with van der Waals surface area (Å²) >= 11 is 0. The highest BCUT2D eigenvalue weighted by atomic mass is 14.4. The van der Waals surface area contributed by atoms with Crippen LogP contribution in [0.1, 0.15) is 70.2 Å². The molecule has 2 unspecified atom stereocenters. The van der Waals surface area contributed by atoms with Crippen LogP contribution in [0.4, 0.5) is 0 Å². The Bertz CT molecular complexity index is 1720. The van der Waals surface area contributed by atoms with Gasteiger partial charge < -0.3 is 0 Å². The first-order valence-electron chi connectivity index (χ1n) is 14.1. The molecule has 0 heterocycles. The number of hydrogen-bond acceptors (Lipinski definition) is 0. The molecule has 2 aliphatic carbocycles. The van der Waals surface area contributed by atoms with Crippen molar-refractivity contribution in [3.63, 3.8) is 0 Å². The van der Waals surface area contributed by atoms with Crippen LogP contribution in [0.25, 0.3) is 17.2 Å². The zero-order valence-electron chi connectivity index (χ0n) is 22.5. The van der Waals surface area contributed by atoms with Crippen LogP contribution in [-0.2, 0) is 0 Å². The summed E-state index contributed by atoms with van der Waals surface area (Å²) in [6.07, 6.45) is 2.44. The van der Waals surface area contributed by atoms with E-state index in [1.54, 1.807) is 0 Å². The molecular weight excluding hydrogens is 468 g/mol. The standard InChI is InChI=1S/C39H32/c1-26(2)35-25-29-19-9-10-20-30(29)38(35)33-23-13-14-24-34(33)39-36(27-15-5-3-6-16-27)31-21-11-12-22-32(31)37(39)28-17-7-4-8-18-28/h3-26,36,38H,1-2H3. The van der Waals surface area contributed by atoms with Gasteiger partial charge in [0.25, 0.3) is 0 Å². The first-order chi connectivity index (χ1) is 19.2. The van der Waals surface area contributed by atoms with E-state index < -0.39 is 0 Å². The SMILES string of the molecule is CC(C)C1=Cc2ccccc2C1c1ccccc1C1=C(c2ccccc2)c2ccccc2C1c1ccccc1. The fourth-order valence-corrected chi connectivity index (χ4v) is 6.81. The molecule has 0 heteroatoms. The summed E-state index contributed by atoms with van der Waals surface area (Å²) < 4.78 is 0. The summed E-state index contributed by atoms with van der Waals surface area (Å²) in [6.45, 7) is 4.67. The second-order valence-electron chi connectivity index (χ2n) is 11.0. The Kier molecular flexibility index (Phi) is 5.90. The molecule has 0 amide bonds. The lowest BCUT2D eigenvalue weighted by atomic mass is 9.76. The lowest BCUT2D eigenvalue weighted by Gasteiger charge is -2.26. The predicted octanol–water partition coefficient (Wildman–Crippen LogP) is 9.98. The number of benzene rings is 5. The fraction of sp³-hybridized carbons (Fsp3) is 0.128. The summed E-state index contributed by atoms with van der Waals surface area (Å²) in [7, 11) is 0. The maximum Gasteiger partial charge on any atom is 0.0358 e. The number of hydrogen-bond donors (Lipinski definition) is 0. The predicted molar refractivity (Wildman–Crippen MR) is 165 cm³/mol. The third-order valence-corrected chi connectivity index (χ3v) is 8.49. The molecular formula is C39H32. The van der Waals surface area contributed by atoms with Crippen LogP contribution in [0.5, 0.6) is 0 Å². The normalized spacial score (nSPS) is 17.8. The fourth-order valence-electron chi connectivity index (χ4n) is 6.81. The first-order valence-corrected chi connectivity index (χ1v) is 14.1.